The van der Waals surface area contributed by atoms with Crippen molar-refractivity contribution in [3.05, 3.63) is 52.4 Å². The van der Waals surface area contributed by atoms with Crippen LogP contribution in [0.25, 0.3) is 0 Å². The maximum atomic E-state index is 16.7. The molecule has 2 spiro atoms. The Morgan fingerprint density at radius 3 is 2.60 bits per heavy atom. The summed E-state index contributed by atoms with van der Waals surface area (Å²) in [5.74, 6) is -2.92. The van der Waals surface area contributed by atoms with E-state index in [0.717, 1.165) is 18.9 Å². The van der Waals surface area contributed by atoms with Crippen molar-refractivity contribution in [1.29, 1.82) is 0 Å². The third-order valence-electron chi connectivity index (χ3n) is 9.85. The Balaban J connectivity index is 1.62. The highest BCUT2D eigenvalue weighted by molar-refractivity contribution is 6.31. The lowest BCUT2D eigenvalue weighted by molar-refractivity contribution is -0.162. The monoisotopic (exact) mass is 636 g/mol. The number of hydrogen-bond donors (Lipinski definition) is 5. The third-order valence-corrected chi connectivity index (χ3v) is 10.2. The molecule has 1 aromatic carbocycles. The Morgan fingerprint density at radius 2 is 1.98 bits per heavy atom. The summed E-state index contributed by atoms with van der Waals surface area (Å²) in [6, 6.07) is 3.29. The van der Waals surface area contributed by atoms with E-state index in [2.05, 4.69) is 41.4 Å². The largest absolute Gasteiger partial charge is 0.394 e. The Bertz CT molecular complexity index is 1370. The van der Waals surface area contributed by atoms with Crippen molar-refractivity contribution in [3.63, 3.8) is 0 Å². The maximum Gasteiger partial charge on any atom is 0.238 e. The quantitative estimate of drug-likeness (QED) is 0.236. The van der Waals surface area contributed by atoms with Gasteiger partial charge in [0.25, 0.3) is 0 Å². The van der Waals surface area contributed by atoms with Gasteiger partial charge in [-0.1, -0.05) is 49.7 Å². The summed E-state index contributed by atoms with van der Waals surface area (Å²) < 4.78 is 22.3. The molecule has 2 amide bonds. The summed E-state index contributed by atoms with van der Waals surface area (Å²) in [5.41, 5.74) is -2.79. The number of ether oxygens (including phenoxy) is 1. The highest BCUT2D eigenvalue weighted by Crippen LogP contribution is 2.62. The van der Waals surface area contributed by atoms with Crippen molar-refractivity contribution in [2.45, 2.75) is 87.6 Å². The number of anilines is 1. The van der Waals surface area contributed by atoms with E-state index in [4.69, 9.17) is 27.9 Å². The van der Waals surface area contributed by atoms with Crippen molar-refractivity contribution >= 4 is 46.9 Å². The van der Waals surface area contributed by atoms with E-state index in [-0.39, 0.29) is 30.2 Å². The summed E-state index contributed by atoms with van der Waals surface area (Å²) in [6.45, 7) is 9.05. The molecule has 3 heterocycles. The molecule has 1 aliphatic carbocycles. The first-order valence-electron chi connectivity index (χ1n) is 14.5. The predicted molar refractivity (Wildman–Crippen MR) is 164 cm³/mol. The van der Waals surface area contributed by atoms with Gasteiger partial charge in [-0.25, -0.2) is 9.38 Å². The lowest BCUT2D eigenvalue weighted by atomic mass is 9.54. The molecule has 43 heavy (non-hydrogen) atoms. The van der Waals surface area contributed by atoms with Crippen LogP contribution in [0.15, 0.2) is 46.8 Å². The lowest BCUT2D eigenvalue weighted by Crippen LogP contribution is -2.62. The smallest absolute Gasteiger partial charge is 0.238 e. The van der Waals surface area contributed by atoms with Gasteiger partial charge in [-0.2, -0.15) is 0 Å². The zero-order chi connectivity index (χ0) is 31.4. The number of carbonyl (C=O) groups is 2. The molecule has 0 bridgehead atoms. The minimum atomic E-state index is -1.49. The molecule has 2 saturated heterocycles. The Kier molecular flexibility index (Phi) is 8.61. The van der Waals surface area contributed by atoms with Gasteiger partial charge in [0.2, 0.25) is 11.8 Å². The second-order valence-electron chi connectivity index (χ2n) is 13.3. The Morgan fingerprint density at radius 1 is 1.28 bits per heavy atom. The van der Waals surface area contributed by atoms with E-state index in [1.807, 2.05) is 0 Å². The summed E-state index contributed by atoms with van der Waals surface area (Å²) in [6.07, 6.45) is 4.16. The second kappa shape index (κ2) is 11.5. The number of allylic oxidation sites excluding steroid dienone is 1. The fourth-order valence-corrected chi connectivity index (χ4v) is 7.86. The number of aliphatic imine (C=N–C) groups is 1. The van der Waals surface area contributed by atoms with Gasteiger partial charge in [-0.15, -0.1) is 0 Å². The number of hydrogen-bond acceptors (Lipinski definition) is 7. The summed E-state index contributed by atoms with van der Waals surface area (Å²) in [4.78, 5) is 32.4. The number of carbonyl (C=O) groups excluding carboxylic acids is 2. The van der Waals surface area contributed by atoms with Crippen LogP contribution in [0.2, 0.25) is 5.02 Å². The minimum Gasteiger partial charge on any atom is -0.394 e. The molecule has 1 unspecified atom stereocenters. The molecule has 6 atom stereocenters. The minimum absolute atomic E-state index is 0.00210. The van der Waals surface area contributed by atoms with Crippen molar-refractivity contribution < 1.29 is 28.9 Å². The molecule has 0 aromatic heterocycles. The van der Waals surface area contributed by atoms with Crippen molar-refractivity contribution in [1.82, 2.24) is 10.6 Å². The topological polar surface area (TPSA) is 132 Å². The maximum absolute atomic E-state index is 16.7. The van der Waals surface area contributed by atoms with Gasteiger partial charge in [0.1, 0.15) is 22.5 Å². The standard InChI is InChI=1S/C31H39Cl2FN4O5/c1-17(32)35-12-7-21(34)24-25(26(40)36-19-14-29(4,42)23(15-39)43-16-19)38-30(10-8-28(2,3)9-11-30)31(24)20-6-5-18(33)13-22(20)37-27(31)41/h5-7,12-13,19,23-25,38-39,42H,1,8-11,14-16H2,2-4H3,(H,36,40)(H,37,41)/b21-7-,35-12-/t19-,23-,24+,25-,29?,31-/m1/s1. The molecular weight excluding hydrogens is 598 g/mol. The average molecular weight is 638 g/mol. The van der Waals surface area contributed by atoms with Crippen LogP contribution in [-0.4, -0.2) is 70.8 Å². The van der Waals surface area contributed by atoms with E-state index >= 15 is 4.39 Å². The highest BCUT2D eigenvalue weighted by atomic mass is 35.5. The van der Waals surface area contributed by atoms with Crippen molar-refractivity contribution in [3.8, 4) is 0 Å². The number of aliphatic hydroxyl groups is 2. The molecule has 3 aliphatic heterocycles. The molecular formula is C31H39Cl2FN4O5. The van der Waals surface area contributed by atoms with Crippen LogP contribution < -0.4 is 16.0 Å². The first kappa shape index (κ1) is 32.1. The number of nitrogens with one attached hydrogen (secondary N) is 3. The van der Waals surface area contributed by atoms with Crippen LogP contribution in [0.4, 0.5) is 10.1 Å². The van der Waals surface area contributed by atoms with E-state index in [0.29, 0.717) is 29.1 Å². The number of nitrogens with zero attached hydrogens (tertiary/aromatic N) is 1. The summed E-state index contributed by atoms with van der Waals surface area (Å²) >= 11 is 12.1. The highest BCUT2D eigenvalue weighted by Gasteiger charge is 2.73. The molecule has 5 rings (SSSR count). The lowest BCUT2D eigenvalue weighted by Gasteiger charge is -2.50. The molecule has 4 aliphatic rings. The molecule has 234 valence electrons. The SMILES string of the molecule is C=C(Cl)/N=C\C=C(/F)[C@H]1[C@H](C(=O)N[C@H]2CO[C@H](CO)C(C)(O)C2)NC2(CCC(C)(C)CC2)[C@@]12C(=O)Nc1cc(Cl)ccc12. The number of amides is 2. The van der Waals surface area contributed by atoms with Crippen LogP contribution in [0, 0.1) is 11.3 Å². The normalized spacial score (nSPS) is 34.9. The van der Waals surface area contributed by atoms with Crippen LogP contribution in [-0.2, 0) is 19.7 Å². The number of fused-ring (bicyclic) bond motifs is 3. The van der Waals surface area contributed by atoms with Gasteiger partial charge in [0.05, 0.1) is 36.8 Å². The van der Waals surface area contributed by atoms with Crippen LogP contribution in [0.3, 0.4) is 0 Å². The number of halogens is 3. The van der Waals surface area contributed by atoms with E-state index < -0.39 is 58.3 Å². The van der Waals surface area contributed by atoms with Crippen LogP contribution in [0.1, 0.15) is 58.4 Å². The van der Waals surface area contributed by atoms with Crippen LogP contribution >= 0.6 is 23.2 Å². The summed E-state index contributed by atoms with van der Waals surface area (Å²) in [7, 11) is 0. The van der Waals surface area contributed by atoms with Gasteiger partial charge in [0, 0.05) is 28.9 Å². The molecule has 5 N–H and O–H groups in total. The Labute approximate surface area is 260 Å². The fraction of sp³-hybridized carbons (Fsp3) is 0.581. The van der Waals surface area contributed by atoms with Crippen molar-refractivity contribution in [2.24, 2.45) is 16.3 Å². The molecule has 1 aromatic rings. The zero-order valence-corrected chi connectivity index (χ0v) is 26.1. The number of rotatable bonds is 6. The Hall–Kier alpha value is -2.34. The molecule has 12 heteroatoms. The number of aliphatic hydroxyl groups excluding tert-OH is 1. The van der Waals surface area contributed by atoms with Crippen molar-refractivity contribution in [2.75, 3.05) is 18.5 Å². The zero-order valence-electron chi connectivity index (χ0n) is 24.6. The first-order chi connectivity index (χ1) is 20.2. The number of benzene rings is 1. The third kappa shape index (κ3) is 5.55. The summed E-state index contributed by atoms with van der Waals surface area (Å²) in [5, 5.41) is 30.2. The van der Waals surface area contributed by atoms with Gasteiger partial charge < -0.3 is 25.6 Å². The van der Waals surface area contributed by atoms with Gasteiger partial charge in [-0.3, -0.25) is 14.9 Å². The predicted octanol–water partition coefficient (Wildman–Crippen LogP) is 4.11. The first-order valence-corrected chi connectivity index (χ1v) is 15.3. The van der Waals surface area contributed by atoms with E-state index in [9.17, 15) is 19.8 Å². The average Bonchev–Trinajstić information content (AvgIpc) is 3.37. The fourth-order valence-electron chi connectivity index (χ4n) is 7.64. The van der Waals surface area contributed by atoms with Gasteiger partial charge >= 0.3 is 0 Å². The van der Waals surface area contributed by atoms with E-state index in [1.54, 1.807) is 18.2 Å². The molecule has 1 saturated carbocycles. The molecule has 0 radical (unpaired) electrons. The molecule has 9 nitrogen and oxygen atoms in total. The van der Waals surface area contributed by atoms with Crippen LogP contribution in [0.5, 0.6) is 0 Å². The molecule has 3 fully saturated rings. The van der Waals surface area contributed by atoms with Gasteiger partial charge in [-0.05, 0) is 61.8 Å². The second-order valence-corrected chi connectivity index (χ2v) is 14.1. The van der Waals surface area contributed by atoms with E-state index in [1.165, 1.54) is 13.1 Å². The van der Waals surface area contributed by atoms with Gasteiger partial charge in [0.15, 0.2) is 0 Å².